The molecule has 0 aromatic heterocycles. The van der Waals surface area contributed by atoms with Crippen molar-refractivity contribution in [3.63, 3.8) is 0 Å². The van der Waals surface area contributed by atoms with Gasteiger partial charge in [0.15, 0.2) is 0 Å². The molecule has 2 aromatic rings. The summed E-state index contributed by atoms with van der Waals surface area (Å²) >= 11 is 0. The third-order valence-electron chi connectivity index (χ3n) is 6.96. The summed E-state index contributed by atoms with van der Waals surface area (Å²) < 4.78 is 5.80. The second-order valence-electron chi connectivity index (χ2n) is 10.1. The highest BCUT2D eigenvalue weighted by molar-refractivity contribution is 5.66. The number of ether oxygens (including phenoxy) is 1. The zero-order valence-electron chi connectivity index (χ0n) is 21.6. The number of hydrogen-bond acceptors (Lipinski definition) is 4. The number of rotatable bonds is 13. The summed E-state index contributed by atoms with van der Waals surface area (Å²) in [5.74, 6) is -0.215. The number of carboxylic acids is 1. The standard InChI is InChI=1S/C29H42O5/c1-7-29(8-2,23-10-9-22(20(3)17-23)15-16-28(5,6)33)24-11-13-26(21(4)18-24)34-19-25(30)12-14-27(31)32/h9-11,13,17-18,25,30,33H,7-8,12,14-16,19H2,1-6H3,(H,31,32)/t25-/m0/s1. The molecule has 0 heterocycles. The fourth-order valence-electron chi connectivity index (χ4n) is 4.62. The Balaban J connectivity index is 2.25. The van der Waals surface area contributed by atoms with Crippen LogP contribution in [0.2, 0.25) is 0 Å². The number of aryl methyl sites for hydroxylation is 3. The van der Waals surface area contributed by atoms with Crippen molar-refractivity contribution in [2.45, 2.75) is 97.2 Å². The van der Waals surface area contributed by atoms with Crippen LogP contribution in [-0.4, -0.2) is 39.6 Å². The average molecular weight is 471 g/mol. The van der Waals surface area contributed by atoms with Crippen molar-refractivity contribution in [1.29, 1.82) is 0 Å². The summed E-state index contributed by atoms with van der Waals surface area (Å²) in [7, 11) is 0. The van der Waals surface area contributed by atoms with Crippen molar-refractivity contribution in [2.24, 2.45) is 0 Å². The first-order valence-electron chi connectivity index (χ1n) is 12.4. The normalized spacial score (nSPS) is 13.1. The first-order valence-corrected chi connectivity index (χ1v) is 12.4. The lowest BCUT2D eigenvalue weighted by Crippen LogP contribution is -2.26. The van der Waals surface area contributed by atoms with Gasteiger partial charge in [-0.1, -0.05) is 44.2 Å². The highest BCUT2D eigenvalue weighted by atomic mass is 16.5. The molecule has 0 aliphatic carbocycles. The molecule has 2 rings (SSSR count). The zero-order chi connectivity index (χ0) is 25.5. The number of aliphatic hydroxyl groups excluding tert-OH is 1. The highest BCUT2D eigenvalue weighted by Gasteiger charge is 2.31. The Labute approximate surface area is 204 Å². The molecule has 5 nitrogen and oxygen atoms in total. The van der Waals surface area contributed by atoms with Gasteiger partial charge in [-0.15, -0.1) is 0 Å². The van der Waals surface area contributed by atoms with E-state index in [1.54, 1.807) is 0 Å². The zero-order valence-corrected chi connectivity index (χ0v) is 21.6. The van der Waals surface area contributed by atoms with Gasteiger partial charge in [0.05, 0.1) is 11.7 Å². The van der Waals surface area contributed by atoms with Crippen LogP contribution in [0.5, 0.6) is 5.75 Å². The fourth-order valence-corrected chi connectivity index (χ4v) is 4.62. The van der Waals surface area contributed by atoms with Gasteiger partial charge in [-0.3, -0.25) is 4.79 Å². The highest BCUT2D eigenvalue weighted by Crippen LogP contribution is 2.41. The molecule has 0 saturated heterocycles. The number of carboxylic acid groups (broad SMARTS) is 1. The topological polar surface area (TPSA) is 87.0 Å². The fraction of sp³-hybridized carbons (Fsp3) is 0.552. The van der Waals surface area contributed by atoms with Crippen molar-refractivity contribution in [1.82, 2.24) is 0 Å². The lowest BCUT2D eigenvalue weighted by molar-refractivity contribution is -0.137. The van der Waals surface area contributed by atoms with E-state index in [-0.39, 0.29) is 24.9 Å². The summed E-state index contributed by atoms with van der Waals surface area (Å²) in [6.07, 6.45) is 2.79. The molecule has 0 bridgehead atoms. The maximum atomic E-state index is 10.7. The van der Waals surface area contributed by atoms with Crippen LogP contribution in [-0.2, 0) is 16.6 Å². The smallest absolute Gasteiger partial charge is 0.303 e. The molecular weight excluding hydrogens is 428 g/mol. The van der Waals surface area contributed by atoms with Gasteiger partial charge < -0.3 is 20.1 Å². The number of aliphatic carboxylic acids is 1. The van der Waals surface area contributed by atoms with Gasteiger partial charge in [-0.25, -0.2) is 0 Å². The van der Waals surface area contributed by atoms with Crippen molar-refractivity contribution in [3.8, 4) is 5.75 Å². The molecule has 34 heavy (non-hydrogen) atoms. The minimum atomic E-state index is -0.921. The van der Waals surface area contributed by atoms with Gasteiger partial charge in [-0.05, 0) is 93.7 Å². The number of hydrogen-bond donors (Lipinski definition) is 3. The molecule has 0 spiro atoms. The van der Waals surface area contributed by atoms with E-state index in [4.69, 9.17) is 9.84 Å². The van der Waals surface area contributed by atoms with E-state index >= 15 is 0 Å². The van der Waals surface area contributed by atoms with E-state index in [1.165, 1.54) is 22.3 Å². The minimum absolute atomic E-state index is 0.0749. The van der Waals surface area contributed by atoms with Gasteiger partial charge in [0.1, 0.15) is 12.4 Å². The third-order valence-corrected chi connectivity index (χ3v) is 6.96. The molecule has 0 aliphatic rings. The largest absolute Gasteiger partial charge is 0.491 e. The summed E-state index contributed by atoms with van der Waals surface area (Å²) in [5, 5.41) is 28.9. The first-order chi connectivity index (χ1) is 15.9. The maximum Gasteiger partial charge on any atom is 0.303 e. The molecule has 1 atom stereocenters. The monoisotopic (exact) mass is 470 g/mol. The van der Waals surface area contributed by atoms with Crippen LogP contribution < -0.4 is 4.74 Å². The van der Waals surface area contributed by atoms with Gasteiger partial charge in [0, 0.05) is 11.8 Å². The lowest BCUT2D eigenvalue weighted by Gasteiger charge is -2.34. The van der Waals surface area contributed by atoms with Gasteiger partial charge >= 0.3 is 5.97 Å². The second kappa shape index (κ2) is 11.9. The van der Waals surface area contributed by atoms with Gasteiger partial charge in [0.25, 0.3) is 0 Å². The SMILES string of the molecule is CCC(CC)(c1ccc(CCC(C)(C)O)c(C)c1)c1ccc(OC[C@@H](O)CCC(=O)O)c(C)c1. The molecule has 0 unspecified atom stereocenters. The van der Waals surface area contributed by atoms with E-state index in [0.29, 0.717) is 5.75 Å². The molecule has 0 fully saturated rings. The Kier molecular flexibility index (Phi) is 9.72. The van der Waals surface area contributed by atoms with Crippen LogP contribution in [0.15, 0.2) is 36.4 Å². The Morgan fingerprint density at radius 3 is 2.09 bits per heavy atom. The maximum absolute atomic E-state index is 10.7. The molecular formula is C29H42O5. The Morgan fingerprint density at radius 2 is 1.59 bits per heavy atom. The molecule has 3 N–H and O–H groups in total. The van der Waals surface area contributed by atoms with Crippen molar-refractivity contribution in [3.05, 3.63) is 64.2 Å². The number of carbonyl (C=O) groups is 1. The molecule has 0 amide bonds. The summed E-state index contributed by atoms with van der Waals surface area (Å²) in [6, 6.07) is 13.0. The van der Waals surface area contributed by atoms with E-state index in [0.717, 1.165) is 31.2 Å². The van der Waals surface area contributed by atoms with E-state index in [2.05, 4.69) is 51.1 Å². The van der Waals surface area contributed by atoms with Crippen LogP contribution in [0, 0.1) is 13.8 Å². The van der Waals surface area contributed by atoms with Gasteiger partial charge in [0.2, 0.25) is 0 Å². The molecule has 0 saturated carbocycles. The van der Waals surface area contributed by atoms with E-state index < -0.39 is 17.7 Å². The third kappa shape index (κ3) is 7.31. The summed E-state index contributed by atoms with van der Waals surface area (Å²) in [6.45, 7) is 12.4. The van der Waals surface area contributed by atoms with Crippen LogP contribution >= 0.6 is 0 Å². The Bertz CT molecular complexity index is 953. The predicted molar refractivity (Wildman–Crippen MR) is 137 cm³/mol. The molecule has 2 aromatic carbocycles. The number of benzene rings is 2. The Hall–Kier alpha value is -2.37. The lowest BCUT2D eigenvalue weighted by atomic mass is 9.69. The quantitative estimate of drug-likeness (QED) is 0.349. The average Bonchev–Trinajstić information content (AvgIpc) is 2.77. The minimum Gasteiger partial charge on any atom is -0.491 e. The predicted octanol–water partition coefficient (Wildman–Crippen LogP) is 5.72. The van der Waals surface area contributed by atoms with E-state index in [9.17, 15) is 15.0 Å². The second-order valence-corrected chi connectivity index (χ2v) is 10.1. The first kappa shape index (κ1) is 27.9. The molecule has 0 aliphatic heterocycles. The molecule has 5 heteroatoms. The van der Waals surface area contributed by atoms with Crippen LogP contribution in [0.3, 0.4) is 0 Å². The molecule has 0 radical (unpaired) electrons. The van der Waals surface area contributed by atoms with E-state index in [1.807, 2.05) is 26.8 Å². The van der Waals surface area contributed by atoms with Crippen LogP contribution in [0.4, 0.5) is 0 Å². The summed E-state index contributed by atoms with van der Waals surface area (Å²) in [4.78, 5) is 10.7. The van der Waals surface area contributed by atoms with Crippen LogP contribution in [0.1, 0.15) is 87.6 Å². The Morgan fingerprint density at radius 1 is 1.00 bits per heavy atom. The van der Waals surface area contributed by atoms with Crippen molar-refractivity contribution >= 4 is 5.97 Å². The van der Waals surface area contributed by atoms with Crippen molar-refractivity contribution in [2.75, 3.05) is 6.61 Å². The van der Waals surface area contributed by atoms with Crippen LogP contribution in [0.25, 0.3) is 0 Å². The molecule has 188 valence electrons. The number of aliphatic hydroxyl groups is 2. The summed E-state index contributed by atoms with van der Waals surface area (Å²) in [5.41, 5.74) is 5.25. The van der Waals surface area contributed by atoms with Gasteiger partial charge in [-0.2, -0.15) is 0 Å². The van der Waals surface area contributed by atoms with Crippen molar-refractivity contribution < 1.29 is 24.9 Å².